The molecule has 0 radical (unpaired) electrons. The Balaban J connectivity index is 0.000000162. The summed E-state index contributed by atoms with van der Waals surface area (Å²) in [5.74, 6) is 0.255. The second-order valence-corrected chi connectivity index (χ2v) is 1.82. The van der Waals surface area contributed by atoms with E-state index in [2.05, 4.69) is 10.2 Å². The maximum Gasteiger partial charge on any atom is 0.129 e. The van der Waals surface area contributed by atoms with E-state index in [9.17, 15) is 4.79 Å². The number of nitrogens with one attached hydrogen (secondary N) is 1. The summed E-state index contributed by atoms with van der Waals surface area (Å²) in [4.78, 5) is 9.81. The smallest absolute Gasteiger partial charge is 0.129 e. The molecular weight excluding hydrogens is 128 g/mol. The van der Waals surface area contributed by atoms with Crippen LogP contribution in [-0.2, 0) is 4.79 Å². The summed E-state index contributed by atoms with van der Waals surface area (Å²) in [5.41, 5.74) is 0. The van der Waals surface area contributed by atoms with Crippen LogP contribution in [0.3, 0.4) is 0 Å². The number of carbonyl (C=O) groups excluding carboxylic acids is 1. The highest BCUT2D eigenvalue weighted by molar-refractivity contribution is 5.74. The Morgan fingerprint density at radius 2 is 2.30 bits per heavy atom. The van der Waals surface area contributed by atoms with Crippen molar-refractivity contribution in [3.63, 3.8) is 0 Å². The molecule has 0 bridgehead atoms. The van der Waals surface area contributed by atoms with Gasteiger partial charge in [-0.05, 0) is 13.0 Å². The average molecular weight is 140 g/mol. The number of carbonyl (C=O) groups is 1. The minimum atomic E-state index is 0.255. The lowest BCUT2D eigenvalue weighted by Gasteiger charge is -1.71. The highest BCUT2D eigenvalue weighted by Crippen LogP contribution is 1.71. The van der Waals surface area contributed by atoms with Gasteiger partial charge in [0.25, 0.3) is 0 Å². The van der Waals surface area contributed by atoms with Gasteiger partial charge >= 0.3 is 0 Å². The fourth-order valence-corrected chi connectivity index (χ4v) is 0.215. The van der Waals surface area contributed by atoms with E-state index >= 15 is 0 Å². The van der Waals surface area contributed by atoms with Crippen LogP contribution in [0.2, 0.25) is 0 Å². The van der Waals surface area contributed by atoms with Crippen LogP contribution in [0.25, 0.3) is 0 Å². The first-order valence-corrected chi connectivity index (χ1v) is 3.20. The number of aromatic nitrogens is 2. The fraction of sp³-hybridized carbons (Fsp3) is 0.429. The zero-order valence-corrected chi connectivity index (χ0v) is 6.29. The highest BCUT2D eigenvalue weighted by Gasteiger charge is 1.76. The number of Topliss-reactive ketones (excluding diaryl/α,β-unsaturated/α-hetero) is 1. The Labute approximate surface area is 60.5 Å². The number of ketones is 1. The monoisotopic (exact) mass is 140 g/mol. The first-order valence-electron chi connectivity index (χ1n) is 3.20. The second-order valence-electron chi connectivity index (χ2n) is 1.82. The van der Waals surface area contributed by atoms with E-state index in [0.29, 0.717) is 6.42 Å². The number of H-pyrrole nitrogens is 1. The predicted molar refractivity (Wildman–Crippen MR) is 39.6 cm³/mol. The Bertz CT molecular complexity index is 141. The normalized spacial score (nSPS) is 7.80. The largest absolute Gasteiger partial charge is 0.300 e. The Hall–Kier alpha value is -1.12. The molecule has 1 aromatic rings. The Morgan fingerprint density at radius 3 is 2.40 bits per heavy atom. The van der Waals surface area contributed by atoms with Crippen LogP contribution in [0, 0.1) is 0 Å². The van der Waals surface area contributed by atoms with E-state index in [4.69, 9.17) is 0 Å². The van der Waals surface area contributed by atoms with Crippen LogP contribution in [0.15, 0.2) is 18.5 Å². The molecule has 0 aliphatic rings. The van der Waals surface area contributed by atoms with E-state index < -0.39 is 0 Å². The first-order chi connectivity index (χ1) is 4.77. The zero-order chi connectivity index (χ0) is 7.82. The van der Waals surface area contributed by atoms with Crippen LogP contribution < -0.4 is 0 Å². The molecule has 0 spiro atoms. The van der Waals surface area contributed by atoms with Crippen LogP contribution in [-0.4, -0.2) is 16.0 Å². The van der Waals surface area contributed by atoms with Gasteiger partial charge in [-0.3, -0.25) is 5.10 Å². The molecule has 1 rings (SSSR count). The molecule has 1 aromatic heterocycles. The lowest BCUT2D eigenvalue weighted by atomic mass is 10.4. The van der Waals surface area contributed by atoms with Crippen molar-refractivity contribution in [1.82, 2.24) is 10.2 Å². The van der Waals surface area contributed by atoms with E-state index in [1.54, 1.807) is 19.3 Å². The maximum absolute atomic E-state index is 9.81. The third kappa shape index (κ3) is 6.88. The molecule has 0 aliphatic heterocycles. The molecule has 0 aliphatic carbocycles. The third-order valence-corrected chi connectivity index (χ3v) is 0.904. The van der Waals surface area contributed by atoms with Crippen molar-refractivity contribution < 1.29 is 4.79 Å². The predicted octanol–water partition coefficient (Wildman–Crippen LogP) is 1.40. The summed E-state index contributed by atoms with van der Waals surface area (Å²) >= 11 is 0. The van der Waals surface area contributed by atoms with Gasteiger partial charge in [-0.2, -0.15) is 5.10 Å². The van der Waals surface area contributed by atoms with Crippen LogP contribution in [0.1, 0.15) is 20.3 Å². The van der Waals surface area contributed by atoms with E-state index in [1.807, 2.05) is 13.0 Å². The lowest BCUT2D eigenvalue weighted by molar-refractivity contribution is -0.116. The van der Waals surface area contributed by atoms with Crippen LogP contribution in [0.4, 0.5) is 0 Å². The third-order valence-electron chi connectivity index (χ3n) is 0.904. The molecule has 1 heterocycles. The van der Waals surface area contributed by atoms with E-state index in [0.717, 1.165) is 0 Å². The zero-order valence-electron chi connectivity index (χ0n) is 6.29. The molecule has 3 nitrogen and oxygen atoms in total. The highest BCUT2D eigenvalue weighted by atomic mass is 16.1. The molecule has 0 unspecified atom stereocenters. The van der Waals surface area contributed by atoms with Gasteiger partial charge in [0.1, 0.15) is 5.78 Å². The molecule has 0 saturated carbocycles. The minimum Gasteiger partial charge on any atom is -0.300 e. The SMILES string of the molecule is CCC(C)=O.c1cn[nH]c1. The number of aromatic amines is 1. The van der Waals surface area contributed by atoms with Gasteiger partial charge < -0.3 is 4.79 Å². The van der Waals surface area contributed by atoms with Crippen molar-refractivity contribution in [2.24, 2.45) is 0 Å². The summed E-state index contributed by atoms with van der Waals surface area (Å²) < 4.78 is 0. The Morgan fingerprint density at radius 1 is 1.70 bits per heavy atom. The number of hydrogen-bond acceptors (Lipinski definition) is 2. The molecule has 10 heavy (non-hydrogen) atoms. The van der Waals surface area contributed by atoms with E-state index in [1.165, 1.54) is 0 Å². The summed E-state index contributed by atoms with van der Waals surface area (Å²) in [6.45, 7) is 3.43. The lowest BCUT2D eigenvalue weighted by Crippen LogP contribution is -1.80. The summed E-state index contributed by atoms with van der Waals surface area (Å²) in [6, 6.07) is 1.83. The molecule has 0 aromatic carbocycles. The minimum absolute atomic E-state index is 0.255. The molecule has 3 heteroatoms. The average Bonchev–Trinajstić information content (AvgIpc) is 2.43. The quantitative estimate of drug-likeness (QED) is 0.640. The number of nitrogens with zero attached hydrogens (tertiary/aromatic N) is 1. The van der Waals surface area contributed by atoms with Crippen molar-refractivity contribution in [2.45, 2.75) is 20.3 Å². The van der Waals surface area contributed by atoms with Crippen LogP contribution >= 0.6 is 0 Å². The number of rotatable bonds is 1. The van der Waals surface area contributed by atoms with Gasteiger partial charge in [-0.1, -0.05) is 6.92 Å². The van der Waals surface area contributed by atoms with Crippen molar-refractivity contribution in [2.75, 3.05) is 0 Å². The standard InChI is InChI=1S/C4H8O.C3H4N2/c1-3-4(2)5;1-2-4-5-3-1/h3H2,1-2H3;1-3H,(H,4,5). The Kier molecular flexibility index (Phi) is 5.33. The molecular formula is C7H12N2O. The van der Waals surface area contributed by atoms with Crippen molar-refractivity contribution in [1.29, 1.82) is 0 Å². The van der Waals surface area contributed by atoms with Gasteiger partial charge in [0.15, 0.2) is 0 Å². The summed E-state index contributed by atoms with van der Waals surface area (Å²) in [5, 5.41) is 6.21. The molecule has 0 saturated heterocycles. The van der Waals surface area contributed by atoms with Crippen molar-refractivity contribution in [3.8, 4) is 0 Å². The first kappa shape index (κ1) is 8.88. The van der Waals surface area contributed by atoms with Gasteiger partial charge in [0.05, 0.1) is 0 Å². The second kappa shape index (κ2) is 6.01. The summed E-state index contributed by atoms with van der Waals surface area (Å²) in [7, 11) is 0. The molecule has 0 amide bonds. The maximum atomic E-state index is 9.81. The van der Waals surface area contributed by atoms with Gasteiger partial charge in [-0.25, -0.2) is 0 Å². The van der Waals surface area contributed by atoms with Crippen LogP contribution in [0.5, 0.6) is 0 Å². The van der Waals surface area contributed by atoms with Crippen molar-refractivity contribution in [3.05, 3.63) is 18.5 Å². The fourth-order valence-electron chi connectivity index (χ4n) is 0.215. The molecule has 0 atom stereocenters. The van der Waals surface area contributed by atoms with Gasteiger partial charge in [0.2, 0.25) is 0 Å². The van der Waals surface area contributed by atoms with Gasteiger partial charge in [-0.15, -0.1) is 0 Å². The van der Waals surface area contributed by atoms with E-state index in [-0.39, 0.29) is 5.78 Å². The molecule has 1 N–H and O–H groups in total. The van der Waals surface area contributed by atoms with Crippen molar-refractivity contribution >= 4 is 5.78 Å². The topological polar surface area (TPSA) is 45.8 Å². The number of hydrogen-bond donors (Lipinski definition) is 1. The molecule has 0 fully saturated rings. The molecule has 56 valence electrons. The summed E-state index contributed by atoms with van der Waals surface area (Å²) in [6.07, 6.45) is 4.12. The van der Waals surface area contributed by atoms with Gasteiger partial charge in [0, 0.05) is 18.8 Å².